The molecule has 0 aliphatic carbocycles. The molecule has 0 unspecified atom stereocenters. The zero-order valence-corrected chi connectivity index (χ0v) is 18.6. The zero-order chi connectivity index (χ0) is 21.7. The summed E-state index contributed by atoms with van der Waals surface area (Å²) in [5.74, 6) is 2.28. The molecule has 32 heavy (non-hydrogen) atoms. The van der Waals surface area contributed by atoms with Gasteiger partial charge in [0, 0.05) is 17.6 Å². The van der Waals surface area contributed by atoms with Crippen molar-refractivity contribution in [2.75, 3.05) is 13.5 Å². The lowest BCUT2D eigenvalue weighted by Crippen LogP contribution is -2.31. The lowest BCUT2D eigenvalue weighted by molar-refractivity contribution is 0.0889. The Morgan fingerprint density at radius 1 is 0.906 bits per heavy atom. The first kappa shape index (κ1) is 19.4. The number of halogens is 1. The van der Waals surface area contributed by atoms with Crippen LogP contribution in [-0.2, 0) is 13.1 Å². The van der Waals surface area contributed by atoms with Gasteiger partial charge in [0.2, 0.25) is 12.2 Å². The second-order valence-corrected chi connectivity index (χ2v) is 8.77. The van der Waals surface area contributed by atoms with E-state index < -0.39 is 0 Å². The molecule has 0 atom stereocenters. The molecule has 0 fully saturated rings. The van der Waals surface area contributed by atoms with Gasteiger partial charge in [-0.25, -0.2) is 0 Å². The van der Waals surface area contributed by atoms with Gasteiger partial charge in [0.1, 0.15) is 24.3 Å². The van der Waals surface area contributed by atoms with Gasteiger partial charge in [0.15, 0.2) is 11.5 Å². The Balaban J connectivity index is 1.33. The maximum atomic E-state index is 13.2. The maximum Gasteiger partial charge on any atom is 0.231 e. The number of fused-ring (bicyclic) bond motifs is 4. The largest absolute Gasteiger partial charge is 0.478 e. The van der Waals surface area contributed by atoms with Crippen molar-refractivity contribution in [2.24, 2.45) is 0 Å². The second kappa shape index (κ2) is 7.69. The van der Waals surface area contributed by atoms with Crippen LogP contribution < -0.4 is 19.6 Å². The predicted molar refractivity (Wildman–Crippen MR) is 123 cm³/mol. The van der Waals surface area contributed by atoms with E-state index in [9.17, 15) is 4.79 Å². The van der Waals surface area contributed by atoms with E-state index >= 15 is 0 Å². The highest BCUT2D eigenvalue weighted by Gasteiger charge is 2.23. The Morgan fingerprint density at radius 2 is 1.72 bits per heavy atom. The summed E-state index contributed by atoms with van der Waals surface area (Å²) < 4.78 is 23.8. The number of nitrogens with zero attached hydrogens (tertiary/aromatic N) is 1. The number of benzene rings is 3. The van der Waals surface area contributed by atoms with Gasteiger partial charge in [-0.05, 0) is 47.5 Å². The zero-order valence-electron chi connectivity index (χ0n) is 17.0. The Kier molecular flexibility index (Phi) is 4.66. The highest BCUT2D eigenvalue weighted by Crippen LogP contribution is 2.35. The van der Waals surface area contributed by atoms with E-state index in [2.05, 4.69) is 20.8 Å². The topological polar surface area (TPSA) is 61.1 Å². The van der Waals surface area contributed by atoms with Crippen LogP contribution in [0.15, 0.2) is 74.5 Å². The molecule has 0 bridgehead atoms. The molecular formula is C25H18BrNO5. The fraction of sp³-hybridized carbons (Fsp3) is 0.160. The lowest BCUT2D eigenvalue weighted by Gasteiger charge is -2.29. The molecule has 0 saturated heterocycles. The summed E-state index contributed by atoms with van der Waals surface area (Å²) in [6.45, 7) is 2.00. The minimum Gasteiger partial charge on any atom is -0.478 e. The molecule has 160 valence electrons. The highest BCUT2D eigenvalue weighted by atomic mass is 79.9. The standard InChI is InChI=1S/C25H18BrNO5/c26-17-4-2-16(3-5-17)20-12-29-25-18(24(20)28)6-8-21-19(25)11-27(13-30-21)10-15-1-7-22-23(9-15)32-14-31-22/h1-9,12H,10-11,13-14H2. The van der Waals surface area contributed by atoms with Crippen LogP contribution in [0.25, 0.3) is 22.1 Å². The minimum absolute atomic E-state index is 0.0516. The van der Waals surface area contributed by atoms with Gasteiger partial charge in [-0.3, -0.25) is 9.69 Å². The minimum atomic E-state index is -0.0516. The van der Waals surface area contributed by atoms with Crippen molar-refractivity contribution < 1.29 is 18.6 Å². The van der Waals surface area contributed by atoms with Gasteiger partial charge < -0.3 is 18.6 Å². The molecule has 3 heterocycles. The van der Waals surface area contributed by atoms with Gasteiger partial charge in [0.25, 0.3) is 0 Å². The SMILES string of the molecule is O=c1c(-c2ccc(Br)cc2)coc2c3c(ccc12)OCN(Cc1ccc2c(c1)OCO2)C3. The monoisotopic (exact) mass is 491 g/mol. The maximum absolute atomic E-state index is 13.2. The summed E-state index contributed by atoms with van der Waals surface area (Å²) >= 11 is 3.43. The van der Waals surface area contributed by atoms with Crippen molar-refractivity contribution in [2.45, 2.75) is 13.1 Å². The van der Waals surface area contributed by atoms with Crippen LogP contribution in [0, 0.1) is 0 Å². The van der Waals surface area contributed by atoms with E-state index in [1.165, 1.54) is 0 Å². The first-order valence-electron chi connectivity index (χ1n) is 10.2. The van der Waals surface area contributed by atoms with Crippen LogP contribution in [-0.4, -0.2) is 18.4 Å². The molecule has 0 radical (unpaired) electrons. The lowest BCUT2D eigenvalue weighted by atomic mass is 10.0. The third-order valence-electron chi connectivity index (χ3n) is 5.78. The third kappa shape index (κ3) is 3.34. The molecular weight excluding hydrogens is 474 g/mol. The third-order valence-corrected chi connectivity index (χ3v) is 6.31. The fourth-order valence-electron chi connectivity index (χ4n) is 4.18. The van der Waals surface area contributed by atoms with Crippen LogP contribution in [0.1, 0.15) is 11.1 Å². The van der Waals surface area contributed by atoms with E-state index in [1.807, 2.05) is 48.5 Å². The highest BCUT2D eigenvalue weighted by molar-refractivity contribution is 9.10. The van der Waals surface area contributed by atoms with E-state index in [0.717, 1.165) is 38.4 Å². The summed E-state index contributed by atoms with van der Waals surface area (Å²) in [7, 11) is 0. The van der Waals surface area contributed by atoms with E-state index in [1.54, 1.807) is 12.3 Å². The number of ether oxygens (including phenoxy) is 3. The van der Waals surface area contributed by atoms with Gasteiger partial charge in [-0.15, -0.1) is 0 Å². The molecule has 0 N–H and O–H groups in total. The van der Waals surface area contributed by atoms with Crippen molar-refractivity contribution >= 4 is 26.9 Å². The molecule has 7 heteroatoms. The van der Waals surface area contributed by atoms with E-state index in [4.69, 9.17) is 18.6 Å². The van der Waals surface area contributed by atoms with Gasteiger partial charge >= 0.3 is 0 Å². The Hall–Kier alpha value is -3.29. The van der Waals surface area contributed by atoms with Crippen LogP contribution in [0.5, 0.6) is 17.2 Å². The van der Waals surface area contributed by atoms with Gasteiger partial charge in [-0.1, -0.05) is 34.1 Å². The molecule has 0 spiro atoms. The molecule has 6 nitrogen and oxygen atoms in total. The summed E-state index contributed by atoms with van der Waals surface area (Å²) in [6, 6.07) is 17.2. The summed E-state index contributed by atoms with van der Waals surface area (Å²) in [5.41, 5.74) is 3.86. The number of rotatable bonds is 3. The smallest absolute Gasteiger partial charge is 0.231 e. The van der Waals surface area contributed by atoms with Crippen LogP contribution in [0.4, 0.5) is 0 Å². The summed E-state index contributed by atoms with van der Waals surface area (Å²) in [5, 5.41) is 0.553. The Morgan fingerprint density at radius 3 is 2.59 bits per heavy atom. The molecule has 2 aliphatic heterocycles. The van der Waals surface area contributed by atoms with Crippen molar-refractivity contribution in [3.05, 3.63) is 86.7 Å². The average Bonchev–Trinajstić information content (AvgIpc) is 3.28. The summed E-state index contributed by atoms with van der Waals surface area (Å²) in [4.78, 5) is 15.4. The molecule has 2 aliphatic rings. The molecule has 4 aromatic rings. The second-order valence-electron chi connectivity index (χ2n) is 7.85. The van der Waals surface area contributed by atoms with Crippen molar-refractivity contribution in [3.63, 3.8) is 0 Å². The van der Waals surface area contributed by atoms with E-state index in [0.29, 0.717) is 36.4 Å². The van der Waals surface area contributed by atoms with Crippen LogP contribution in [0.3, 0.4) is 0 Å². The van der Waals surface area contributed by atoms with E-state index in [-0.39, 0.29) is 12.2 Å². The van der Waals surface area contributed by atoms with Crippen molar-refractivity contribution in [1.29, 1.82) is 0 Å². The van der Waals surface area contributed by atoms with Crippen LogP contribution in [0.2, 0.25) is 0 Å². The molecule has 6 rings (SSSR count). The molecule has 1 aromatic heterocycles. The van der Waals surface area contributed by atoms with Crippen LogP contribution >= 0.6 is 15.9 Å². The van der Waals surface area contributed by atoms with Gasteiger partial charge in [0.05, 0.1) is 16.5 Å². The quantitative estimate of drug-likeness (QED) is 0.387. The van der Waals surface area contributed by atoms with Gasteiger partial charge in [-0.2, -0.15) is 0 Å². The number of hydrogen-bond donors (Lipinski definition) is 0. The Bertz CT molecular complexity index is 1400. The fourth-order valence-corrected chi connectivity index (χ4v) is 4.45. The number of hydrogen-bond acceptors (Lipinski definition) is 6. The molecule has 0 saturated carbocycles. The summed E-state index contributed by atoms with van der Waals surface area (Å²) in [6.07, 6.45) is 1.55. The molecule has 0 amide bonds. The first-order valence-corrected chi connectivity index (χ1v) is 11.0. The average molecular weight is 492 g/mol. The van der Waals surface area contributed by atoms with Crippen molar-refractivity contribution in [1.82, 2.24) is 4.90 Å². The molecule has 3 aromatic carbocycles. The Labute approximate surface area is 192 Å². The van der Waals surface area contributed by atoms with Crippen molar-refractivity contribution in [3.8, 4) is 28.4 Å². The first-order chi connectivity index (χ1) is 15.7. The predicted octanol–water partition coefficient (Wildman–Crippen LogP) is 5.30. The normalized spacial score (nSPS) is 14.9.